The first kappa shape index (κ1) is 13.3. The predicted molar refractivity (Wildman–Crippen MR) is 71.3 cm³/mol. The second-order valence-electron chi connectivity index (χ2n) is 6.29. The molecule has 2 rings (SSSR count). The molecule has 17 heavy (non-hydrogen) atoms. The lowest BCUT2D eigenvalue weighted by molar-refractivity contribution is 0.109. The highest BCUT2D eigenvalue weighted by Crippen LogP contribution is 2.27. The van der Waals surface area contributed by atoms with Gasteiger partial charge < -0.3 is 15.0 Å². The Balaban J connectivity index is 1.85. The van der Waals surface area contributed by atoms with Gasteiger partial charge in [-0.25, -0.2) is 0 Å². The van der Waals surface area contributed by atoms with Crippen LogP contribution in [0.25, 0.3) is 0 Å². The summed E-state index contributed by atoms with van der Waals surface area (Å²) in [6.45, 7) is 9.55. The smallest absolute Gasteiger partial charge is 0.0502 e. The van der Waals surface area contributed by atoms with Crippen LogP contribution in [0.15, 0.2) is 0 Å². The van der Waals surface area contributed by atoms with Gasteiger partial charge in [-0.05, 0) is 43.7 Å². The van der Waals surface area contributed by atoms with Crippen LogP contribution in [0.5, 0.6) is 0 Å². The van der Waals surface area contributed by atoms with Gasteiger partial charge in [0.15, 0.2) is 0 Å². The summed E-state index contributed by atoms with van der Waals surface area (Å²) in [4.78, 5) is 2.68. The summed E-state index contributed by atoms with van der Waals surface area (Å²) in [5.41, 5.74) is 0.502. The van der Waals surface area contributed by atoms with Gasteiger partial charge in [0, 0.05) is 26.7 Å². The molecule has 0 bridgehead atoms. The van der Waals surface area contributed by atoms with Gasteiger partial charge in [0.1, 0.15) is 0 Å². The summed E-state index contributed by atoms with van der Waals surface area (Å²) in [7, 11) is 1.83. The van der Waals surface area contributed by atoms with Gasteiger partial charge in [-0.3, -0.25) is 0 Å². The minimum Gasteiger partial charge on any atom is -0.384 e. The average Bonchev–Trinajstić information content (AvgIpc) is 2.58. The summed E-state index contributed by atoms with van der Waals surface area (Å²) in [5.74, 6) is 0.750. The Labute approximate surface area is 106 Å². The highest BCUT2D eigenvalue weighted by molar-refractivity contribution is 4.87. The van der Waals surface area contributed by atoms with Crippen LogP contribution in [0.2, 0.25) is 0 Å². The van der Waals surface area contributed by atoms with Gasteiger partial charge >= 0.3 is 0 Å². The summed E-state index contributed by atoms with van der Waals surface area (Å²) in [6.07, 6.45) is 5.42. The standard InChI is InChI=1S/C14H28N2O/c1-14(6-7-15-11-14)12-16-8-4-3-5-13(9-16)10-17-2/h13,15H,3-12H2,1-2H3. The van der Waals surface area contributed by atoms with Crippen molar-refractivity contribution in [1.82, 2.24) is 10.2 Å². The molecule has 3 nitrogen and oxygen atoms in total. The minimum atomic E-state index is 0.502. The van der Waals surface area contributed by atoms with E-state index in [1.807, 2.05) is 7.11 Å². The third-order valence-corrected chi connectivity index (χ3v) is 4.32. The predicted octanol–water partition coefficient (Wildman–Crippen LogP) is 1.73. The summed E-state index contributed by atoms with van der Waals surface area (Å²) in [5, 5.41) is 3.50. The molecular formula is C14H28N2O. The van der Waals surface area contributed by atoms with Crippen LogP contribution in [0.4, 0.5) is 0 Å². The minimum absolute atomic E-state index is 0.502. The average molecular weight is 240 g/mol. The van der Waals surface area contributed by atoms with Crippen molar-refractivity contribution in [2.45, 2.75) is 32.6 Å². The van der Waals surface area contributed by atoms with E-state index >= 15 is 0 Å². The Hall–Kier alpha value is -0.120. The van der Waals surface area contributed by atoms with Crippen LogP contribution in [0.3, 0.4) is 0 Å². The number of likely N-dealkylation sites (tertiary alicyclic amines) is 1. The Morgan fingerprint density at radius 1 is 1.41 bits per heavy atom. The number of hydrogen-bond acceptors (Lipinski definition) is 3. The fourth-order valence-electron chi connectivity index (χ4n) is 3.38. The van der Waals surface area contributed by atoms with Crippen molar-refractivity contribution in [3.63, 3.8) is 0 Å². The van der Waals surface area contributed by atoms with Gasteiger partial charge in [-0.1, -0.05) is 13.3 Å². The van der Waals surface area contributed by atoms with Crippen LogP contribution >= 0.6 is 0 Å². The molecule has 2 fully saturated rings. The Morgan fingerprint density at radius 3 is 3.00 bits per heavy atom. The van der Waals surface area contributed by atoms with E-state index in [0.29, 0.717) is 5.41 Å². The van der Waals surface area contributed by atoms with E-state index in [4.69, 9.17) is 4.74 Å². The molecule has 0 aliphatic carbocycles. The van der Waals surface area contributed by atoms with E-state index in [1.165, 1.54) is 58.4 Å². The van der Waals surface area contributed by atoms with Crippen molar-refractivity contribution in [3.05, 3.63) is 0 Å². The van der Waals surface area contributed by atoms with E-state index < -0.39 is 0 Å². The summed E-state index contributed by atoms with van der Waals surface area (Å²) < 4.78 is 5.34. The molecule has 3 heteroatoms. The molecule has 2 aliphatic rings. The molecule has 2 heterocycles. The number of nitrogens with zero attached hydrogens (tertiary/aromatic N) is 1. The van der Waals surface area contributed by atoms with E-state index in [0.717, 1.165) is 12.5 Å². The summed E-state index contributed by atoms with van der Waals surface area (Å²) in [6, 6.07) is 0. The number of hydrogen-bond donors (Lipinski definition) is 1. The largest absolute Gasteiger partial charge is 0.384 e. The molecule has 2 unspecified atom stereocenters. The van der Waals surface area contributed by atoms with Crippen LogP contribution in [0.1, 0.15) is 32.6 Å². The monoisotopic (exact) mass is 240 g/mol. The SMILES string of the molecule is COCC1CCCCN(CC2(C)CCNC2)C1. The molecule has 0 radical (unpaired) electrons. The fraction of sp³-hybridized carbons (Fsp3) is 1.00. The van der Waals surface area contributed by atoms with Gasteiger partial charge in [0.2, 0.25) is 0 Å². The van der Waals surface area contributed by atoms with Gasteiger partial charge in [0.05, 0.1) is 6.61 Å². The maximum absolute atomic E-state index is 5.34. The van der Waals surface area contributed by atoms with Crippen LogP contribution < -0.4 is 5.32 Å². The van der Waals surface area contributed by atoms with Gasteiger partial charge in [0.25, 0.3) is 0 Å². The molecule has 2 atom stereocenters. The molecular weight excluding hydrogens is 212 g/mol. The van der Waals surface area contributed by atoms with Crippen molar-refractivity contribution in [3.8, 4) is 0 Å². The van der Waals surface area contributed by atoms with Gasteiger partial charge in [-0.15, -0.1) is 0 Å². The number of rotatable bonds is 4. The molecule has 0 spiro atoms. The molecule has 2 saturated heterocycles. The molecule has 0 aromatic rings. The quantitative estimate of drug-likeness (QED) is 0.810. The fourth-order valence-corrected chi connectivity index (χ4v) is 3.38. The zero-order valence-corrected chi connectivity index (χ0v) is 11.5. The normalized spacial score (nSPS) is 36.0. The maximum atomic E-state index is 5.34. The van der Waals surface area contributed by atoms with Crippen LogP contribution in [0, 0.1) is 11.3 Å². The second kappa shape index (κ2) is 6.17. The van der Waals surface area contributed by atoms with Crippen molar-refractivity contribution in [1.29, 1.82) is 0 Å². The maximum Gasteiger partial charge on any atom is 0.0502 e. The highest BCUT2D eigenvalue weighted by Gasteiger charge is 2.31. The zero-order chi connectivity index (χ0) is 12.1. The second-order valence-corrected chi connectivity index (χ2v) is 6.29. The lowest BCUT2D eigenvalue weighted by Gasteiger charge is -2.32. The molecule has 0 aromatic carbocycles. The van der Waals surface area contributed by atoms with E-state index in [9.17, 15) is 0 Å². The van der Waals surface area contributed by atoms with Crippen LogP contribution in [-0.2, 0) is 4.74 Å². The lowest BCUT2D eigenvalue weighted by atomic mass is 9.89. The first-order valence-corrected chi connectivity index (χ1v) is 7.14. The molecule has 0 amide bonds. The molecule has 100 valence electrons. The van der Waals surface area contributed by atoms with Gasteiger partial charge in [-0.2, -0.15) is 0 Å². The topological polar surface area (TPSA) is 24.5 Å². The third-order valence-electron chi connectivity index (χ3n) is 4.32. The highest BCUT2D eigenvalue weighted by atomic mass is 16.5. The van der Waals surface area contributed by atoms with Crippen molar-refractivity contribution < 1.29 is 4.74 Å². The summed E-state index contributed by atoms with van der Waals surface area (Å²) >= 11 is 0. The third kappa shape index (κ3) is 3.94. The molecule has 0 aromatic heterocycles. The lowest BCUT2D eigenvalue weighted by Crippen LogP contribution is -2.40. The van der Waals surface area contributed by atoms with Crippen molar-refractivity contribution in [2.75, 3.05) is 46.4 Å². The first-order valence-electron chi connectivity index (χ1n) is 7.14. The molecule has 2 aliphatic heterocycles. The zero-order valence-electron chi connectivity index (χ0n) is 11.5. The number of methoxy groups -OCH3 is 1. The Morgan fingerprint density at radius 2 is 2.29 bits per heavy atom. The number of nitrogens with one attached hydrogen (secondary N) is 1. The van der Waals surface area contributed by atoms with Crippen LogP contribution in [-0.4, -0.2) is 51.3 Å². The first-order chi connectivity index (χ1) is 8.22. The molecule has 0 saturated carbocycles. The van der Waals surface area contributed by atoms with E-state index in [2.05, 4.69) is 17.1 Å². The van der Waals surface area contributed by atoms with E-state index in [-0.39, 0.29) is 0 Å². The molecule has 1 N–H and O–H groups in total. The number of ether oxygens (including phenoxy) is 1. The Kier molecular flexibility index (Phi) is 4.83. The van der Waals surface area contributed by atoms with Crippen molar-refractivity contribution in [2.24, 2.45) is 11.3 Å². The Bertz CT molecular complexity index is 226. The van der Waals surface area contributed by atoms with Crippen molar-refractivity contribution >= 4 is 0 Å². The van der Waals surface area contributed by atoms with E-state index in [1.54, 1.807) is 0 Å².